The molecule has 0 radical (unpaired) electrons. The second-order valence-corrected chi connectivity index (χ2v) is 13.2. The Hall–Kier alpha value is -5.41. The number of halogens is 2. The number of pyridine rings is 1. The molecular formula is C36H37F2N6O6S-. The van der Waals surface area contributed by atoms with Gasteiger partial charge in [0.1, 0.15) is 11.4 Å². The number of aromatic amines is 1. The molecule has 268 valence electrons. The quantitative estimate of drug-likeness (QED) is 0.125. The third-order valence-electron chi connectivity index (χ3n) is 8.68. The molecule has 0 spiro atoms. The van der Waals surface area contributed by atoms with Crippen molar-refractivity contribution in [2.24, 2.45) is 0 Å². The molecule has 2 unspecified atom stereocenters. The molecule has 5 aromatic rings. The second kappa shape index (κ2) is 15.2. The molecule has 3 aromatic carbocycles. The average molecular weight is 720 g/mol. The lowest BCUT2D eigenvalue weighted by Gasteiger charge is -2.34. The summed E-state index contributed by atoms with van der Waals surface area (Å²) in [6, 6.07) is 11.7. The van der Waals surface area contributed by atoms with Gasteiger partial charge in [-0.15, -0.1) is 0 Å². The summed E-state index contributed by atoms with van der Waals surface area (Å²) in [7, 11) is 0. The zero-order valence-corrected chi connectivity index (χ0v) is 29.4. The number of hydrogen-bond acceptors (Lipinski definition) is 7. The van der Waals surface area contributed by atoms with Gasteiger partial charge in [-0.05, 0) is 63.8 Å². The van der Waals surface area contributed by atoms with E-state index in [1.165, 1.54) is 4.57 Å². The van der Waals surface area contributed by atoms with E-state index in [1.54, 1.807) is 39.8 Å². The maximum Gasteiger partial charge on any atom is 0.329 e. The predicted molar refractivity (Wildman–Crippen MR) is 189 cm³/mol. The largest absolute Gasteiger partial charge is 0.755 e. The van der Waals surface area contributed by atoms with Gasteiger partial charge in [0, 0.05) is 41.8 Å². The maximum absolute atomic E-state index is 16.3. The fraction of sp³-hybridized carbons (Fsp3) is 0.278. The van der Waals surface area contributed by atoms with Crippen LogP contribution >= 0.6 is 0 Å². The molecule has 5 rings (SSSR count). The van der Waals surface area contributed by atoms with Gasteiger partial charge >= 0.3 is 5.97 Å². The Balaban J connectivity index is 1.53. The van der Waals surface area contributed by atoms with Crippen LogP contribution in [-0.2, 0) is 35.6 Å². The highest BCUT2D eigenvalue weighted by molar-refractivity contribution is 7.80. The summed E-state index contributed by atoms with van der Waals surface area (Å²) in [6.45, 7) is 7.72. The molecule has 0 saturated carbocycles. The van der Waals surface area contributed by atoms with Crippen molar-refractivity contribution in [3.05, 3.63) is 121 Å². The van der Waals surface area contributed by atoms with Crippen LogP contribution in [0.1, 0.15) is 49.6 Å². The Kier molecular flexibility index (Phi) is 11.0. The Morgan fingerprint density at radius 3 is 2.33 bits per heavy atom. The van der Waals surface area contributed by atoms with Gasteiger partial charge in [-0.1, -0.05) is 48.0 Å². The van der Waals surface area contributed by atoms with E-state index < -0.39 is 63.7 Å². The number of nitrogens with one attached hydrogen (secondary N) is 3. The molecule has 51 heavy (non-hydrogen) atoms. The lowest BCUT2D eigenvalue weighted by Crippen LogP contribution is -2.50. The highest BCUT2D eigenvalue weighted by atomic mass is 32.2. The van der Waals surface area contributed by atoms with Crippen molar-refractivity contribution in [2.75, 3.05) is 16.2 Å². The highest BCUT2D eigenvalue weighted by Gasteiger charge is 2.31. The van der Waals surface area contributed by atoms with Gasteiger partial charge in [0.15, 0.2) is 11.9 Å². The van der Waals surface area contributed by atoms with Crippen molar-refractivity contribution in [3.63, 3.8) is 0 Å². The minimum absolute atomic E-state index is 0.0831. The first-order chi connectivity index (χ1) is 24.2. The molecule has 12 nitrogen and oxygen atoms in total. The summed E-state index contributed by atoms with van der Waals surface area (Å²) >= 11 is -3.07. The monoisotopic (exact) mass is 719 g/mol. The standard InChI is InChI=1S/C36H38F2N6O6S/c1-19-13-20(2)31(21(3)14-19)44(51(49)50)29(35(47)48)17-39-34(46)27-18-43(12-11-24-9-7-6-8-10-24)32-25(33(27)45)15-28(37)26(30(32)38)16-40-36-41-22(4)23(5)42-36/h6-10,13-15,18,29H,11-12,16-17H2,1-5H3,(H,39,46)(H,47,48)(H,49,50)(H2,40,41,42)/p-1. The molecule has 15 heteroatoms. The van der Waals surface area contributed by atoms with Crippen LogP contribution in [0.15, 0.2) is 59.5 Å². The normalized spacial score (nSPS) is 12.5. The molecule has 1 amide bonds. The Labute approximate surface area is 295 Å². The van der Waals surface area contributed by atoms with E-state index in [2.05, 4.69) is 20.6 Å². The van der Waals surface area contributed by atoms with Crippen LogP contribution < -0.4 is 20.4 Å². The summed E-state index contributed by atoms with van der Waals surface area (Å²) < 4.78 is 58.7. The Morgan fingerprint density at radius 2 is 1.75 bits per heavy atom. The fourth-order valence-electron chi connectivity index (χ4n) is 6.13. The van der Waals surface area contributed by atoms with Crippen molar-refractivity contribution in [3.8, 4) is 0 Å². The molecule has 2 aromatic heterocycles. The number of nitrogens with zero attached hydrogens (tertiary/aromatic N) is 3. The number of aliphatic carboxylic acids is 1. The first-order valence-corrected chi connectivity index (χ1v) is 17.0. The molecule has 2 heterocycles. The summed E-state index contributed by atoms with van der Waals surface area (Å²) in [5.74, 6) is -4.32. The molecule has 4 N–H and O–H groups in total. The Morgan fingerprint density at radius 1 is 1.08 bits per heavy atom. The van der Waals surface area contributed by atoms with E-state index >= 15 is 8.78 Å². The van der Waals surface area contributed by atoms with Crippen molar-refractivity contribution in [1.29, 1.82) is 0 Å². The van der Waals surface area contributed by atoms with Gasteiger partial charge in [-0.2, -0.15) is 0 Å². The van der Waals surface area contributed by atoms with Gasteiger partial charge in [0.05, 0.1) is 28.8 Å². The third kappa shape index (κ3) is 7.84. The number of imidazole rings is 1. The maximum atomic E-state index is 16.3. The fourth-order valence-corrected chi connectivity index (χ4v) is 6.94. The SMILES string of the molecule is Cc1cc(C)c(N(C(CNC(=O)c2cn(CCc3ccccc3)c3c(F)c(CNc4nc(C)c(C)[nH]4)c(F)cc3c2=O)C(=O)O)S(=O)[O-])c(C)c1. The number of H-pyrrole nitrogens is 1. The van der Waals surface area contributed by atoms with Crippen LogP contribution in [0.4, 0.5) is 20.4 Å². The lowest BCUT2D eigenvalue weighted by molar-refractivity contribution is -0.138. The zero-order valence-electron chi connectivity index (χ0n) is 28.6. The van der Waals surface area contributed by atoms with Crippen LogP contribution in [-0.4, -0.2) is 52.9 Å². The van der Waals surface area contributed by atoms with Gasteiger partial charge in [0.2, 0.25) is 11.4 Å². The van der Waals surface area contributed by atoms with E-state index in [-0.39, 0.29) is 29.9 Å². The number of carbonyl (C=O) groups is 2. The van der Waals surface area contributed by atoms with Gasteiger partial charge < -0.3 is 29.8 Å². The van der Waals surface area contributed by atoms with Crippen LogP contribution in [0.2, 0.25) is 0 Å². The number of fused-ring (bicyclic) bond motifs is 1. The minimum Gasteiger partial charge on any atom is -0.755 e. The lowest BCUT2D eigenvalue weighted by atomic mass is 10.0. The first-order valence-electron chi connectivity index (χ1n) is 16.0. The van der Waals surface area contributed by atoms with Gasteiger partial charge in [0.25, 0.3) is 5.91 Å². The number of carbonyl (C=O) groups excluding carboxylic acids is 1. The van der Waals surface area contributed by atoms with Crippen LogP contribution in [0, 0.1) is 46.3 Å². The molecule has 2 atom stereocenters. The molecule has 0 aliphatic carbocycles. The smallest absolute Gasteiger partial charge is 0.329 e. The van der Waals surface area contributed by atoms with E-state index in [0.29, 0.717) is 33.5 Å². The summed E-state index contributed by atoms with van der Waals surface area (Å²) in [5.41, 5.74) is 2.26. The number of amides is 1. The number of benzene rings is 3. The summed E-state index contributed by atoms with van der Waals surface area (Å²) in [6.07, 6.45) is 1.50. The van der Waals surface area contributed by atoms with Crippen LogP contribution in [0.25, 0.3) is 10.9 Å². The number of carboxylic acid groups (broad SMARTS) is 1. The zero-order chi connectivity index (χ0) is 37.1. The molecule has 0 saturated heterocycles. The van der Waals surface area contributed by atoms with Crippen LogP contribution in [0.3, 0.4) is 0 Å². The number of rotatable bonds is 13. The third-order valence-corrected chi connectivity index (χ3v) is 9.44. The summed E-state index contributed by atoms with van der Waals surface area (Å²) in [5, 5.41) is 14.9. The van der Waals surface area contributed by atoms with E-state index in [4.69, 9.17) is 0 Å². The molecular weight excluding hydrogens is 682 g/mol. The number of hydrogen-bond donors (Lipinski definition) is 4. The first kappa shape index (κ1) is 36.9. The highest BCUT2D eigenvalue weighted by Crippen LogP contribution is 2.29. The topological polar surface area (TPSA) is 172 Å². The number of anilines is 2. The van der Waals surface area contributed by atoms with Crippen molar-refractivity contribution in [1.82, 2.24) is 19.9 Å². The second-order valence-electron chi connectivity index (χ2n) is 12.4. The predicted octanol–water partition coefficient (Wildman–Crippen LogP) is 4.88. The van der Waals surface area contributed by atoms with E-state index in [1.807, 2.05) is 37.3 Å². The van der Waals surface area contributed by atoms with Crippen molar-refractivity contribution >= 4 is 45.7 Å². The molecule has 0 aliphatic rings. The molecule has 0 bridgehead atoms. The average Bonchev–Trinajstić information content (AvgIpc) is 3.39. The molecule has 0 aliphatic heterocycles. The van der Waals surface area contributed by atoms with Crippen molar-refractivity contribution < 1.29 is 32.2 Å². The Bertz CT molecular complexity index is 2180. The van der Waals surface area contributed by atoms with Gasteiger partial charge in [-0.25, -0.2) is 18.6 Å². The number of aryl methyl sites for hydroxylation is 7. The van der Waals surface area contributed by atoms with E-state index in [9.17, 15) is 28.3 Å². The minimum atomic E-state index is -3.07. The number of aromatic nitrogens is 3. The van der Waals surface area contributed by atoms with Crippen LogP contribution in [0.5, 0.6) is 0 Å². The summed E-state index contributed by atoms with van der Waals surface area (Å²) in [4.78, 5) is 47.0. The van der Waals surface area contributed by atoms with E-state index in [0.717, 1.165) is 29.1 Å². The van der Waals surface area contributed by atoms with Gasteiger partial charge in [-0.3, -0.25) is 18.1 Å². The number of carboxylic acids is 1. The molecule has 0 fully saturated rings. The van der Waals surface area contributed by atoms with Crippen molar-refractivity contribution in [2.45, 2.75) is 60.2 Å².